The first kappa shape index (κ1) is 8.25. The molecule has 1 aliphatic heterocycles. The highest BCUT2D eigenvalue weighted by molar-refractivity contribution is 5.04. The van der Waals surface area contributed by atoms with Gasteiger partial charge in [-0.25, -0.2) is 0 Å². The van der Waals surface area contributed by atoms with Crippen molar-refractivity contribution < 1.29 is 5.11 Å². The summed E-state index contributed by atoms with van der Waals surface area (Å²) in [6, 6.07) is 0. The molecule has 13 heavy (non-hydrogen) atoms. The SMILES string of the molecule is OCC1(CN2CC3(CCC3)C2)CC1. The molecule has 0 atom stereocenters. The molecule has 2 saturated carbocycles. The smallest absolute Gasteiger partial charge is 0.0499 e. The second-order valence-electron chi connectivity index (χ2n) is 5.66. The zero-order valence-electron chi connectivity index (χ0n) is 8.26. The number of hydrogen-bond acceptors (Lipinski definition) is 2. The summed E-state index contributed by atoms with van der Waals surface area (Å²) in [6.45, 7) is 4.24. The molecule has 3 aliphatic rings. The van der Waals surface area contributed by atoms with Gasteiger partial charge in [0.15, 0.2) is 0 Å². The average Bonchev–Trinajstić information content (AvgIpc) is 2.73. The van der Waals surface area contributed by atoms with E-state index in [0.29, 0.717) is 12.0 Å². The van der Waals surface area contributed by atoms with Crippen molar-refractivity contribution in [2.24, 2.45) is 10.8 Å². The van der Waals surface area contributed by atoms with E-state index < -0.39 is 0 Å². The summed E-state index contributed by atoms with van der Waals surface area (Å²) < 4.78 is 0. The molecule has 2 heteroatoms. The van der Waals surface area contributed by atoms with E-state index in [4.69, 9.17) is 0 Å². The van der Waals surface area contributed by atoms with Gasteiger partial charge in [0.2, 0.25) is 0 Å². The molecule has 0 bridgehead atoms. The van der Waals surface area contributed by atoms with E-state index in [1.54, 1.807) is 0 Å². The zero-order chi connectivity index (χ0) is 8.94. The van der Waals surface area contributed by atoms with E-state index in [-0.39, 0.29) is 0 Å². The van der Waals surface area contributed by atoms with Crippen LogP contribution in [0.5, 0.6) is 0 Å². The number of aliphatic hydroxyl groups is 1. The summed E-state index contributed by atoms with van der Waals surface area (Å²) in [6.07, 6.45) is 6.91. The van der Waals surface area contributed by atoms with Crippen LogP contribution in [0, 0.1) is 10.8 Å². The molecule has 0 radical (unpaired) electrons. The molecule has 1 heterocycles. The topological polar surface area (TPSA) is 23.5 Å². The fourth-order valence-electron chi connectivity index (χ4n) is 3.02. The van der Waals surface area contributed by atoms with Crippen LogP contribution in [0.1, 0.15) is 32.1 Å². The highest BCUT2D eigenvalue weighted by Gasteiger charge is 2.51. The van der Waals surface area contributed by atoms with Crippen LogP contribution < -0.4 is 0 Å². The molecule has 0 amide bonds. The second kappa shape index (κ2) is 2.48. The lowest BCUT2D eigenvalue weighted by Gasteiger charge is -2.56. The highest BCUT2D eigenvalue weighted by atomic mass is 16.3. The minimum atomic E-state index is 0.339. The van der Waals surface area contributed by atoms with Gasteiger partial charge in [-0.15, -0.1) is 0 Å². The third kappa shape index (κ3) is 1.23. The quantitative estimate of drug-likeness (QED) is 0.708. The number of rotatable bonds is 3. The van der Waals surface area contributed by atoms with Crippen molar-refractivity contribution >= 4 is 0 Å². The second-order valence-corrected chi connectivity index (χ2v) is 5.66. The van der Waals surface area contributed by atoms with Gasteiger partial charge in [0, 0.05) is 31.7 Å². The minimum absolute atomic E-state index is 0.339. The van der Waals surface area contributed by atoms with Gasteiger partial charge >= 0.3 is 0 Å². The van der Waals surface area contributed by atoms with Crippen LogP contribution in [0.15, 0.2) is 0 Å². The predicted octanol–water partition coefficient (Wildman–Crippen LogP) is 1.24. The fourth-order valence-corrected chi connectivity index (χ4v) is 3.02. The standard InChI is InChI=1S/C11H19NO/c13-9-11(4-5-11)8-12-6-10(7-12)2-1-3-10/h13H,1-9H2. The van der Waals surface area contributed by atoms with E-state index >= 15 is 0 Å². The van der Waals surface area contributed by atoms with E-state index in [1.807, 2.05) is 0 Å². The van der Waals surface area contributed by atoms with Crippen LogP contribution in [0.2, 0.25) is 0 Å². The number of hydrogen-bond donors (Lipinski definition) is 1. The van der Waals surface area contributed by atoms with Crippen LogP contribution in [-0.2, 0) is 0 Å². The Balaban J connectivity index is 1.49. The van der Waals surface area contributed by atoms with Crippen molar-refractivity contribution in [2.75, 3.05) is 26.2 Å². The first-order valence-electron chi connectivity index (χ1n) is 5.59. The maximum atomic E-state index is 9.20. The van der Waals surface area contributed by atoms with Crippen LogP contribution in [0.3, 0.4) is 0 Å². The van der Waals surface area contributed by atoms with Crippen molar-refractivity contribution in [3.63, 3.8) is 0 Å². The molecule has 0 aromatic rings. The Kier molecular flexibility index (Phi) is 1.58. The van der Waals surface area contributed by atoms with Crippen LogP contribution in [0.25, 0.3) is 0 Å². The molecule has 1 saturated heterocycles. The number of aliphatic hydroxyl groups excluding tert-OH is 1. The predicted molar refractivity (Wildman–Crippen MR) is 51.5 cm³/mol. The third-order valence-corrected chi connectivity index (χ3v) is 4.38. The van der Waals surface area contributed by atoms with E-state index in [2.05, 4.69) is 4.90 Å². The van der Waals surface area contributed by atoms with E-state index in [9.17, 15) is 5.11 Å². The fraction of sp³-hybridized carbons (Fsp3) is 1.00. The molecule has 0 aromatic carbocycles. The first-order valence-corrected chi connectivity index (χ1v) is 5.59. The summed E-state index contributed by atoms with van der Waals surface area (Å²) in [7, 11) is 0. The zero-order valence-corrected chi connectivity index (χ0v) is 8.26. The summed E-state index contributed by atoms with van der Waals surface area (Å²) >= 11 is 0. The van der Waals surface area contributed by atoms with Gasteiger partial charge in [-0.05, 0) is 31.1 Å². The largest absolute Gasteiger partial charge is 0.396 e. The Bertz CT molecular complexity index is 210. The van der Waals surface area contributed by atoms with Gasteiger partial charge in [0.1, 0.15) is 0 Å². The van der Waals surface area contributed by atoms with Crippen LogP contribution in [-0.4, -0.2) is 36.2 Å². The van der Waals surface area contributed by atoms with Gasteiger partial charge < -0.3 is 10.0 Å². The molecule has 2 nitrogen and oxygen atoms in total. The Morgan fingerprint density at radius 3 is 2.15 bits per heavy atom. The summed E-state index contributed by atoms with van der Waals surface area (Å²) in [5.41, 5.74) is 1.09. The number of nitrogens with zero attached hydrogens (tertiary/aromatic N) is 1. The normalized spacial score (nSPS) is 33.9. The highest BCUT2D eigenvalue weighted by Crippen LogP contribution is 2.52. The third-order valence-electron chi connectivity index (χ3n) is 4.38. The Morgan fingerprint density at radius 1 is 1.08 bits per heavy atom. The Hall–Kier alpha value is -0.0800. The number of likely N-dealkylation sites (tertiary alicyclic amines) is 1. The maximum absolute atomic E-state index is 9.20. The van der Waals surface area contributed by atoms with Gasteiger partial charge in [-0.1, -0.05) is 6.42 Å². The van der Waals surface area contributed by atoms with Crippen molar-refractivity contribution in [2.45, 2.75) is 32.1 Å². The lowest BCUT2D eigenvalue weighted by molar-refractivity contribution is -0.0722. The monoisotopic (exact) mass is 181 g/mol. The molecule has 3 rings (SSSR count). The van der Waals surface area contributed by atoms with Gasteiger partial charge in [0.05, 0.1) is 0 Å². The molecule has 3 fully saturated rings. The van der Waals surface area contributed by atoms with Gasteiger partial charge in [0.25, 0.3) is 0 Å². The molecule has 74 valence electrons. The van der Waals surface area contributed by atoms with Crippen molar-refractivity contribution in [1.29, 1.82) is 0 Å². The maximum Gasteiger partial charge on any atom is 0.0499 e. The van der Waals surface area contributed by atoms with Gasteiger partial charge in [-0.3, -0.25) is 0 Å². The average molecular weight is 181 g/mol. The Morgan fingerprint density at radius 2 is 1.77 bits per heavy atom. The van der Waals surface area contributed by atoms with Crippen molar-refractivity contribution in [3.8, 4) is 0 Å². The lowest BCUT2D eigenvalue weighted by Crippen LogP contribution is -2.60. The first-order chi connectivity index (χ1) is 6.26. The van der Waals surface area contributed by atoms with E-state index in [0.717, 1.165) is 5.41 Å². The van der Waals surface area contributed by atoms with Crippen molar-refractivity contribution in [1.82, 2.24) is 4.90 Å². The molecule has 0 unspecified atom stereocenters. The molecule has 1 N–H and O–H groups in total. The molecule has 1 spiro atoms. The Labute approximate surface area is 79.9 Å². The summed E-state index contributed by atoms with van der Waals surface area (Å²) in [5.74, 6) is 0. The minimum Gasteiger partial charge on any atom is -0.396 e. The summed E-state index contributed by atoms with van der Waals surface area (Å²) in [4.78, 5) is 2.56. The molecular formula is C11H19NO. The van der Waals surface area contributed by atoms with Crippen LogP contribution >= 0.6 is 0 Å². The van der Waals surface area contributed by atoms with Gasteiger partial charge in [-0.2, -0.15) is 0 Å². The van der Waals surface area contributed by atoms with Crippen molar-refractivity contribution in [3.05, 3.63) is 0 Å². The lowest BCUT2D eigenvalue weighted by atomic mass is 9.63. The van der Waals surface area contributed by atoms with Crippen LogP contribution in [0.4, 0.5) is 0 Å². The van der Waals surface area contributed by atoms with E-state index in [1.165, 1.54) is 51.7 Å². The molecular weight excluding hydrogens is 162 g/mol. The summed E-state index contributed by atoms with van der Waals surface area (Å²) in [5, 5.41) is 9.20. The molecule has 2 aliphatic carbocycles. The molecule has 0 aromatic heterocycles.